The number of ether oxygens (including phenoxy) is 1. The minimum atomic E-state index is -3.60. The molecule has 1 saturated heterocycles. The molecule has 1 heterocycles. The predicted molar refractivity (Wildman–Crippen MR) is 83.9 cm³/mol. The highest BCUT2D eigenvalue weighted by Gasteiger charge is 2.31. The smallest absolute Gasteiger partial charge is 0.245 e. The zero-order valence-corrected chi connectivity index (χ0v) is 13.7. The van der Waals surface area contributed by atoms with Gasteiger partial charge in [-0.25, -0.2) is 8.42 Å². The second-order valence-corrected chi connectivity index (χ2v) is 7.52. The maximum atomic E-state index is 12.7. The van der Waals surface area contributed by atoms with Gasteiger partial charge in [0.25, 0.3) is 0 Å². The zero-order chi connectivity index (χ0) is 15.5. The van der Waals surface area contributed by atoms with E-state index in [1.165, 1.54) is 16.4 Å². The number of nitrogens with zero attached hydrogens (tertiary/aromatic N) is 1. The molecule has 1 aromatic carbocycles. The van der Waals surface area contributed by atoms with Crippen LogP contribution in [0.4, 0.5) is 5.69 Å². The van der Waals surface area contributed by atoms with Crippen molar-refractivity contribution in [1.82, 2.24) is 4.31 Å². The second-order valence-electron chi connectivity index (χ2n) is 5.18. The van der Waals surface area contributed by atoms with Crippen molar-refractivity contribution in [2.45, 2.75) is 37.2 Å². The summed E-state index contributed by atoms with van der Waals surface area (Å²) in [4.78, 5) is 0.114. The fourth-order valence-corrected chi connectivity index (χ4v) is 4.22. The number of hydrogen-bond acceptors (Lipinski definition) is 4. The minimum absolute atomic E-state index is 0.0398. The van der Waals surface area contributed by atoms with Crippen LogP contribution in [0, 0.1) is 0 Å². The molecule has 0 aliphatic carbocycles. The van der Waals surface area contributed by atoms with Gasteiger partial charge in [0, 0.05) is 24.7 Å². The van der Waals surface area contributed by atoms with Gasteiger partial charge < -0.3 is 10.5 Å². The Kier molecular flexibility index (Phi) is 5.48. The van der Waals surface area contributed by atoms with Crippen LogP contribution >= 0.6 is 11.6 Å². The molecule has 2 N–H and O–H groups in total. The van der Waals surface area contributed by atoms with Gasteiger partial charge in [-0.05, 0) is 37.5 Å². The summed E-state index contributed by atoms with van der Waals surface area (Å²) in [6, 6.07) is 4.47. The van der Waals surface area contributed by atoms with Gasteiger partial charge in [-0.15, -0.1) is 0 Å². The number of anilines is 1. The molecule has 1 fully saturated rings. The van der Waals surface area contributed by atoms with Crippen molar-refractivity contribution in [3.63, 3.8) is 0 Å². The molecule has 118 valence electrons. The molecule has 21 heavy (non-hydrogen) atoms. The number of hydrogen-bond donors (Lipinski definition) is 1. The van der Waals surface area contributed by atoms with Crippen molar-refractivity contribution < 1.29 is 13.2 Å². The first-order valence-electron chi connectivity index (χ1n) is 7.12. The predicted octanol–water partition coefficient (Wildman–Crippen LogP) is 2.50. The molecule has 1 aliphatic rings. The molecule has 0 amide bonds. The fourth-order valence-electron chi connectivity index (χ4n) is 2.44. The van der Waals surface area contributed by atoms with Crippen molar-refractivity contribution in [3.05, 3.63) is 23.2 Å². The lowest BCUT2D eigenvalue weighted by Crippen LogP contribution is -2.43. The molecule has 1 unspecified atom stereocenters. The van der Waals surface area contributed by atoms with E-state index in [0.717, 1.165) is 19.3 Å². The van der Waals surface area contributed by atoms with Crippen LogP contribution in [0.5, 0.6) is 0 Å². The molecule has 5 nitrogen and oxygen atoms in total. The Labute approximate surface area is 131 Å². The number of sulfonamides is 1. The molecule has 1 aromatic rings. The van der Waals surface area contributed by atoms with Crippen LogP contribution in [0.15, 0.2) is 23.1 Å². The molecular weight excluding hydrogens is 312 g/mol. The maximum Gasteiger partial charge on any atom is 0.245 e. The molecule has 0 radical (unpaired) electrons. The average molecular weight is 333 g/mol. The molecule has 2 rings (SSSR count). The summed E-state index contributed by atoms with van der Waals surface area (Å²) < 4.78 is 32.5. The molecule has 0 spiro atoms. The van der Waals surface area contributed by atoms with E-state index in [0.29, 0.717) is 24.7 Å². The lowest BCUT2D eigenvalue weighted by atomic mass is 10.1. The molecule has 0 aromatic heterocycles. The van der Waals surface area contributed by atoms with Crippen molar-refractivity contribution in [2.75, 3.05) is 25.4 Å². The van der Waals surface area contributed by atoms with E-state index < -0.39 is 10.0 Å². The summed E-state index contributed by atoms with van der Waals surface area (Å²) in [6.07, 6.45) is 2.57. The topological polar surface area (TPSA) is 72.6 Å². The number of piperidine rings is 1. The number of nitrogen functional groups attached to an aromatic ring is 1. The van der Waals surface area contributed by atoms with Gasteiger partial charge in [-0.1, -0.05) is 18.5 Å². The van der Waals surface area contributed by atoms with Crippen LogP contribution in [0.1, 0.15) is 26.2 Å². The van der Waals surface area contributed by atoms with Gasteiger partial charge in [0.15, 0.2) is 0 Å². The highest BCUT2D eigenvalue weighted by molar-refractivity contribution is 7.89. The van der Waals surface area contributed by atoms with E-state index in [1.54, 1.807) is 6.07 Å². The number of rotatable bonds is 5. The highest BCUT2D eigenvalue weighted by atomic mass is 35.5. The largest absolute Gasteiger partial charge is 0.398 e. The third-order valence-corrected chi connectivity index (χ3v) is 5.66. The van der Waals surface area contributed by atoms with E-state index >= 15 is 0 Å². The Morgan fingerprint density at radius 3 is 2.90 bits per heavy atom. The summed E-state index contributed by atoms with van der Waals surface area (Å²) in [6.45, 7) is 3.56. The van der Waals surface area contributed by atoms with Crippen LogP contribution in [-0.2, 0) is 14.8 Å². The monoisotopic (exact) mass is 332 g/mol. The fraction of sp³-hybridized carbons (Fsp3) is 0.571. The Morgan fingerprint density at radius 1 is 1.48 bits per heavy atom. The van der Waals surface area contributed by atoms with Gasteiger partial charge in [0.2, 0.25) is 10.0 Å². The first-order chi connectivity index (χ1) is 9.95. The highest BCUT2D eigenvalue weighted by Crippen LogP contribution is 2.27. The quantitative estimate of drug-likeness (QED) is 0.841. The Morgan fingerprint density at radius 2 is 2.24 bits per heavy atom. The van der Waals surface area contributed by atoms with E-state index in [9.17, 15) is 8.42 Å². The summed E-state index contributed by atoms with van der Waals surface area (Å²) in [5, 5.41) is 0.425. The van der Waals surface area contributed by atoms with Crippen molar-refractivity contribution in [1.29, 1.82) is 0 Å². The lowest BCUT2D eigenvalue weighted by molar-refractivity contribution is 0.0193. The maximum absolute atomic E-state index is 12.7. The summed E-state index contributed by atoms with van der Waals surface area (Å²) in [5.74, 6) is 0. The van der Waals surface area contributed by atoms with Crippen molar-refractivity contribution >= 4 is 27.3 Å². The first kappa shape index (κ1) is 16.5. The van der Waals surface area contributed by atoms with Crippen molar-refractivity contribution in [2.24, 2.45) is 0 Å². The minimum Gasteiger partial charge on any atom is -0.398 e. The second kappa shape index (κ2) is 6.96. The molecule has 1 aliphatic heterocycles. The number of benzene rings is 1. The molecule has 7 heteroatoms. The summed E-state index contributed by atoms with van der Waals surface area (Å²) >= 11 is 5.82. The van der Waals surface area contributed by atoms with Gasteiger partial charge >= 0.3 is 0 Å². The normalized spacial score (nSPS) is 20.6. The van der Waals surface area contributed by atoms with Crippen molar-refractivity contribution in [3.8, 4) is 0 Å². The SMILES string of the molecule is CCCOC1CCCN(S(=O)(=O)c2ccc(Cl)cc2N)C1. The van der Waals surface area contributed by atoms with Gasteiger partial charge in [0.1, 0.15) is 4.90 Å². The first-order valence-corrected chi connectivity index (χ1v) is 8.93. The molecule has 1 atom stereocenters. The zero-order valence-electron chi connectivity index (χ0n) is 12.1. The Hall–Kier alpha value is -0.820. The van der Waals surface area contributed by atoms with E-state index in [4.69, 9.17) is 22.1 Å². The lowest BCUT2D eigenvalue weighted by Gasteiger charge is -2.32. The van der Waals surface area contributed by atoms with Crippen LogP contribution < -0.4 is 5.73 Å². The third-order valence-electron chi connectivity index (χ3n) is 3.49. The molecule has 0 saturated carbocycles. The van der Waals surface area contributed by atoms with Crippen LogP contribution in [0.2, 0.25) is 5.02 Å². The summed E-state index contributed by atoms with van der Waals surface area (Å²) in [5.41, 5.74) is 5.99. The number of halogens is 1. The standard InChI is InChI=1S/C14H21ClN2O3S/c1-2-8-20-12-4-3-7-17(10-12)21(18,19)14-6-5-11(15)9-13(14)16/h5-6,9,12H,2-4,7-8,10,16H2,1H3. The van der Waals surface area contributed by atoms with Gasteiger partial charge in [-0.2, -0.15) is 4.31 Å². The van der Waals surface area contributed by atoms with E-state index in [1.807, 2.05) is 6.92 Å². The Balaban J connectivity index is 2.18. The molecule has 0 bridgehead atoms. The molecular formula is C14H21ClN2O3S. The van der Waals surface area contributed by atoms with Crippen LogP contribution in [0.25, 0.3) is 0 Å². The van der Waals surface area contributed by atoms with E-state index in [2.05, 4.69) is 0 Å². The van der Waals surface area contributed by atoms with Gasteiger partial charge in [-0.3, -0.25) is 0 Å². The summed E-state index contributed by atoms with van der Waals surface area (Å²) in [7, 11) is -3.60. The van der Waals surface area contributed by atoms with Gasteiger partial charge in [0.05, 0.1) is 11.8 Å². The Bertz CT molecular complexity index is 592. The number of nitrogens with two attached hydrogens (primary N) is 1. The van der Waals surface area contributed by atoms with Crippen LogP contribution in [0.3, 0.4) is 0 Å². The van der Waals surface area contributed by atoms with Crippen LogP contribution in [-0.4, -0.2) is 38.5 Å². The average Bonchev–Trinajstić information content (AvgIpc) is 2.45. The van der Waals surface area contributed by atoms with E-state index in [-0.39, 0.29) is 16.7 Å². The third kappa shape index (κ3) is 3.88.